The third kappa shape index (κ3) is 5.04. The number of anilines is 1. The molecule has 1 saturated heterocycles. The summed E-state index contributed by atoms with van der Waals surface area (Å²) in [5, 5.41) is 5.71. The van der Waals surface area contributed by atoms with Crippen LogP contribution in [0.25, 0.3) is 0 Å². The van der Waals surface area contributed by atoms with Gasteiger partial charge in [-0.05, 0) is 24.6 Å². The van der Waals surface area contributed by atoms with Gasteiger partial charge in [0.15, 0.2) is 0 Å². The molecule has 156 valence electrons. The lowest BCUT2D eigenvalue weighted by atomic mass is 10.1. The lowest BCUT2D eigenvalue weighted by Crippen LogP contribution is -2.56. The highest BCUT2D eigenvalue weighted by Gasteiger charge is 2.30. The van der Waals surface area contributed by atoms with E-state index in [9.17, 15) is 9.59 Å². The Morgan fingerprint density at radius 2 is 1.77 bits per heavy atom. The molecule has 0 bridgehead atoms. The summed E-state index contributed by atoms with van der Waals surface area (Å²) >= 11 is 0. The van der Waals surface area contributed by atoms with Gasteiger partial charge in [0, 0.05) is 38.4 Å². The number of guanidine groups is 1. The van der Waals surface area contributed by atoms with Crippen LogP contribution in [0.3, 0.4) is 0 Å². The van der Waals surface area contributed by atoms with Crippen LogP contribution in [-0.2, 0) is 16.1 Å². The topological polar surface area (TPSA) is 77.0 Å². The molecule has 1 fully saturated rings. The summed E-state index contributed by atoms with van der Waals surface area (Å²) in [5.41, 5.74) is 3.13. The molecule has 2 aliphatic heterocycles. The first-order valence-corrected chi connectivity index (χ1v) is 10.3. The zero-order valence-electron chi connectivity index (χ0n) is 17.2. The third-order valence-corrected chi connectivity index (χ3v) is 5.45. The quantitative estimate of drug-likeness (QED) is 0.816. The molecule has 4 rings (SSSR count). The average molecular weight is 406 g/mol. The molecular formula is C23H27N5O2. The Hall–Kier alpha value is -3.19. The highest BCUT2D eigenvalue weighted by atomic mass is 16.2. The van der Waals surface area contributed by atoms with E-state index in [2.05, 4.69) is 49.7 Å². The second kappa shape index (κ2) is 9.09. The Morgan fingerprint density at radius 1 is 1.07 bits per heavy atom. The molecule has 0 radical (unpaired) electrons. The van der Waals surface area contributed by atoms with Crippen LogP contribution in [-0.4, -0.2) is 59.8 Å². The Kier molecular flexibility index (Phi) is 6.09. The van der Waals surface area contributed by atoms with Crippen LogP contribution in [0.4, 0.5) is 5.69 Å². The van der Waals surface area contributed by atoms with E-state index in [1.54, 1.807) is 0 Å². The molecule has 2 amide bonds. The number of aryl methyl sites for hydroxylation is 1. The van der Waals surface area contributed by atoms with E-state index < -0.39 is 6.04 Å². The standard InChI is InChI=1S/C23H27N5O2/c1-17-7-9-19(10-8-17)24-22(30)20-15-21(29)26-23(25-20)28-13-11-27(12-14-28)16-18-5-3-2-4-6-18/h2-10,20H,11-16H2,1H3,(H,24,30)(H,25,26,29). The molecule has 1 unspecified atom stereocenters. The number of benzene rings is 2. The Morgan fingerprint density at radius 3 is 2.47 bits per heavy atom. The fourth-order valence-electron chi connectivity index (χ4n) is 3.71. The van der Waals surface area contributed by atoms with Gasteiger partial charge in [-0.15, -0.1) is 0 Å². The van der Waals surface area contributed by atoms with Crippen molar-refractivity contribution in [3.63, 3.8) is 0 Å². The molecule has 7 heteroatoms. The number of aliphatic imine (C=N–C) groups is 1. The van der Waals surface area contributed by atoms with Crippen LogP contribution in [0.5, 0.6) is 0 Å². The van der Waals surface area contributed by atoms with Gasteiger partial charge in [-0.2, -0.15) is 0 Å². The summed E-state index contributed by atoms with van der Waals surface area (Å²) in [6, 6.07) is 17.3. The number of hydrogen-bond acceptors (Lipinski definition) is 5. The Bertz CT molecular complexity index is 918. The minimum Gasteiger partial charge on any atom is -0.340 e. The van der Waals surface area contributed by atoms with E-state index in [0.29, 0.717) is 11.6 Å². The summed E-state index contributed by atoms with van der Waals surface area (Å²) in [5.74, 6) is 0.0827. The first-order chi connectivity index (χ1) is 14.6. The summed E-state index contributed by atoms with van der Waals surface area (Å²) < 4.78 is 0. The minimum absolute atomic E-state index is 0.0646. The maximum absolute atomic E-state index is 12.7. The van der Waals surface area contributed by atoms with E-state index >= 15 is 0 Å². The van der Waals surface area contributed by atoms with Crippen LogP contribution in [0.2, 0.25) is 0 Å². The molecule has 2 aliphatic rings. The normalized spacial score (nSPS) is 19.8. The molecule has 7 nitrogen and oxygen atoms in total. The van der Waals surface area contributed by atoms with Gasteiger partial charge >= 0.3 is 0 Å². The molecular weight excluding hydrogens is 378 g/mol. The van der Waals surface area contributed by atoms with Gasteiger partial charge in [0.1, 0.15) is 6.04 Å². The molecule has 0 spiro atoms. The fraction of sp³-hybridized carbons (Fsp3) is 0.348. The molecule has 30 heavy (non-hydrogen) atoms. The van der Waals surface area contributed by atoms with Gasteiger partial charge < -0.3 is 10.2 Å². The van der Waals surface area contributed by atoms with Crippen molar-refractivity contribution in [3.05, 3.63) is 65.7 Å². The monoisotopic (exact) mass is 405 g/mol. The first-order valence-electron chi connectivity index (χ1n) is 10.3. The van der Waals surface area contributed by atoms with Gasteiger partial charge in [0.05, 0.1) is 6.42 Å². The predicted octanol–water partition coefficient (Wildman–Crippen LogP) is 2.00. The third-order valence-electron chi connectivity index (χ3n) is 5.45. The highest BCUT2D eigenvalue weighted by Crippen LogP contribution is 2.14. The van der Waals surface area contributed by atoms with E-state index in [1.165, 1.54) is 5.56 Å². The largest absolute Gasteiger partial charge is 0.340 e. The zero-order valence-corrected chi connectivity index (χ0v) is 17.2. The Labute approximate surface area is 176 Å². The van der Waals surface area contributed by atoms with Crippen molar-refractivity contribution in [1.82, 2.24) is 15.1 Å². The molecule has 2 N–H and O–H groups in total. The van der Waals surface area contributed by atoms with E-state index in [0.717, 1.165) is 38.3 Å². The number of carbonyl (C=O) groups is 2. The number of rotatable bonds is 4. The minimum atomic E-state index is -0.711. The maximum atomic E-state index is 12.7. The lowest BCUT2D eigenvalue weighted by molar-refractivity contribution is -0.125. The van der Waals surface area contributed by atoms with Crippen molar-refractivity contribution in [1.29, 1.82) is 0 Å². The van der Waals surface area contributed by atoms with Crippen LogP contribution in [0.15, 0.2) is 59.6 Å². The van der Waals surface area contributed by atoms with Crippen molar-refractivity contribution in [2.24, 2.45) is 4.99 Å². The van der Waals surface area contributed by atoms with Gasteiger partial charge in [-0.1, -0.05) is 48.0 Å². The van der Waals surface area contributed by atoms with Crippen LogP contribution >= 0.6 is 0 Å². The van der Waals surface area contributed by atoms with Crippen molar-refractivity contribution >= 4 is 23.5 Å². The number of hydrogen-bond donors (Lipinski definition) is 2. The number of carbonyl (C=O) groups excluding carboxylic acids is 2. The summed E-state index contributed by atoms with van der Waals surface area (Å²) in [4.78, 5) is 33.9. The second-order valence-electron chi connectivity index (χ2n) is 7.82. The maximum Gasteiger partial charge on any atom is 0.249 e. The zero-order chi connectivity index (χ0) is 20.9. The lowest BCUT2D eigenvalue weighted by Gasteiger charge is -2.37. The van der Waals surface area contributed by atoms with Gasteiger partial charge in [-0.3, -0.25) is 19.8 Å². The van der Waals surface area contributed by atoms with Crippen LogP contribution < -0.4 is 10.6 Å². The van der Waals surface area contributed by atoms with Crippen LogP contribution in [0.1, 0.15) is 17.5 Å². The first kappa shape index (κ1) is 20.1. The van der Waals surface area contributed by atoms with Crippen molar-refractivity contribution in [2.45, 2.75) is 25.9 Å². The van der Waals surface area contributed by atoms with Crippen LogP contribution in [0, 0.1) is 6.92 Å². The second-order valence-corrected chi connectivity index (χ2v) is 7.82. The Balaban J connectivity index is 1.36. The van der Waals surface area contributed by atoms with Crippen molar-refractivity contribution < 1.29 is 9.59 Å². The molecule has 2 aromatic rings. The molecule has 2 heterocycles. The van der Waals surface area contributed by atoms with E-state index in [-0.39, 0.29) is 18.2 Å². The number of nitrogens with zero attached hydrogens (tertiary/aromatic N) is 3. The molecule has 0 aliphatic carbocycles. The highest BCUT2D eigenvalue weighted by molar-refractivity contribution is 6.05. The summed E-state index contributed by atoms with van der Waals surface area (Å²) in [6.45, 7) is 6.19. The van der Waals surface area contributed by atoms with Crippen molar-refractivity contribution in [3.8, 4) is 0 Å². The number of amides is 2. The fourth-order valence-corrected chi connectivity index (χ4v) is 3.71. The number of nitrogens with one attached hydrogen (secondary N) is 2. The van der Waals surface area contributed by atoms with E-state index in [4.69, 9.17) is 0 Å². The summed E-state index contributed by atoms with van der Waals surface area (Å²) in [7, 11) is 0. The van der Waals surface area contributed by atoms with Crippen molar-refractivity contribution in [2.75, 3.05) is 31.5 Å². The molecule has 0 saturated carbocycles. The molecule has 1 atom stereocenters. The smallest absolute Gasteiger partial charge is 0.249 e. The molecule has 2 aromatic carbocycles. The van der Waals surface area contributed by atoms with Gasteiger partial charge in [0.25, 0.3) is 0 Å². The van der Waals surface area contributed by atoms with Gasteiger partial charge in [-0.25, -0.2) is 4.99 Å². The van der Waals surface area contributed by atoms with Gasteiger partial charge in [0.2, 0.25) is 17.8 Å². The number of piperazine rings is 1. The summed E-state index contributed by atoms with van der Waals surface area (Å²) in [6.07, 6.45) is 0.0646. The molecule has 0 aromatic heterocycles. The average Bonchev–Trinajstić information content (AvgIpc) is 2.76. The van der Waals surface area contributed by atoms with E-state index in [1.807, 2.05) is 37.3 Å². The predicted molar refractivity (Wildman–Crippen MR) is 117 cm³/mol. The SMILES string of the molecule is Cc1ccc(NC(=O)C2CC(=O)NC(N3CCN(Cc4ccccc4)CC3)=N2)cc1.